The zero-order chi connectivity index (χ0) is 17.1. The molecule has 0 atom stereocenters. The summed E-state index contributed by atoms with van der Waals surface area (Å²) in [5.74, 6) is -0.888. The molecule has 0 aliphatic rings. The molecule has 5 nitrogen and oxygen atoms in total. The smallest absolute Gasteiger partial charge is 0.340 e. The average Bonchev–Trinajstić information content (AvgIpc) is 3.00. The molecule has 0 aliphatic carbocycles. The van der Waals surface area contributed by atoms with Crippen molar-refractivity contribution < 1.29 is 14.3 Å². The number of hydrogen-bond donors (Lipinski definition) is 2. The van der Waals surface area contributed by atoms with E-state index >= 15 is 0 Å². The number of aromatic nitrogens is 1. The molecule has 1 aromatic heterocycles. The van der Waals surface area contributed by atoms with Gasteiger partial charge in [0, 0.05) is 22.8 Å². The summed E-state index contributed by atoms with van der Waals surface area (Å²) in [6.45, 7) is 3.53. The maximum absolute atomic E-state index is 12.2. The summed E-state index contributed by atoms with van der Waals surface area (Å²) in [4.78, 5) is 27.2. The molecule has 0 saturated heterocycles. The molecule has 0 saturated carbocycles. The molecule has 24 heavy (non-hydrogen) atoms. The molecule has 2 aromatic carbocycles. The van der Waals surface area contributed by atoms with E-state index in [0.717, 1.165) is 27.7 Å². The first-order valence-electron chi connectivity index (χ1n) is 7.65. The van der Waals surface area contributed by atoms with Gasteiger partial charge in [0.25, 0.3) is 5.91 Å². The first-order chi connectivity index (χ1) is 11.5. The van der Waals surface area contributed by atoms with E-state index in [1.807, 2.05) is 56.3 Å². The van der Waals surface area contributed by atoms with Gasteiger partial charge in [-0.25, -0.2) is 4.79 Å². The maximum Gasteiger partial charge on any atom is 0.340 e. The van der Waals surface area contributed by atoms with E-state index in [1.54, 1.807) is 6.20 Å². The van der Waals surface area contributed by atoms with Crippen molar-refractivity contribution in [2.45, 2.75) is 13.8 Å². The van der Waals surface area contributed by atoms with Crippen LogP contribution < -0.4 is 5.32 Å². The fourth-order valence-electron chi connectivity index (χ4n) is 2.51. The number of rotatable bonds is 4. The fraction of sp³-hybridized carbons (Fsp3) is 0.158. The zero-order valence-electron chi connectivity index (χ0n) is 13.6. The number of ether oxygens (including phenoxy) is 1. The van der Waals surface area contributed by atoms with Gasteiger partial charge in [0.15, 0.2) is 6.61 Å². The lowest BCUT2D eigenvalue weighted by Gasteiger charge is -2.09. The lowest BCUT2D eigenvalue weighted by atomic mass is 10.1. The van der Waals surface area contributed by atoms with E-state index in [2.05, 4.69) is 10.3 Å². The Morgan fingerprint density at radius 1 is 1.12 bits per heavy atom. The number of nitrogens with one attached hydrogen (secondary N) is 2. The van der Waals surface area contributed by atoms with Crippen LogP contribution in [0.1, 0.15) is 21.5 Å². The second kappa shape index (κ2) is 6.58. The molecule has 5 heteroatoms. The summed E-state index contributed by atoms with van der Waals surface area (Å²) in [5, 5.41) is 3.54. The minimum Gasteiger partial charge on any atom is -0.452 e. The maximum atomic E-state index is 12.2. The first kappa shape index (κ1) is 15.8. The van der Waals surface area contributed by atoms with Crippen molar-refractivity contribution in [3.63, 3.8) is 0 Å². The number of fused-ring (bicyclic) bond motifs is 1. The SMILES string of the molecule is Cc1ccc(C)c(NC(=O)COC(=O)c2c[nH]c3ccccc23)c1. The Labute approximate surface area is 139 Å². The van der Waals surface area contributed by atoms with E-state index in [0.29, 0.717) is 5.56 Å². The van der Waals surface area contributed by atoms with Crippen LogP contribution >= 0.6 is 0 Å². The summed E-state index contributed by atoms with van der Waals surface area (Å²) in [7, 11) is 0. The van der Waals surface area contributed by atoms with Gasteiger partial charge in [0.1, 0.15) is 0 Å². The summed E-state index contributed by atoms with van der Waals surface area (Å²) in [6, 6.07) is 13.2. The van der Waals surface area contributed by atoms with Crippen molar-refractivity contribution in [3.05, 3.63) is 65.4 Å². The number of hydrogen-bond acceptors (Lipinski definition) is 3. The molecular formula is C19H18N2O3. The Morgan fingerprint density at radius 3 is 2.75 bits per heavy atom. The predicted octanol–water partition coefficient (Wildman–Crippen LogP) is 3.58. The number of anilines is 1. The van der Waals surface area contributed by atoms with Crippen LogP contribution in [-0.2, 0) is 9.53 Å². The van der Waals surface area contributed by atoms with E-state index in [4.69, 9.17) is 4.74 Å². The van der Waals surface area contributed by atoms with Gasteiger partial charge in [0.2, 0.25) is 0 Å². The molecule has 0 bridgehead atoms. The third-order valence-electron chi connectivity index (χ3n) is 3.81. The number of aryl methyl sites for hydroxylation is 2. The van der Waals surface area contributed by atoms with Gasteiger partial charge < -0.3 is 15.0 Å². The second-order valence-corrected chi connectivity index (χ2v) is 5.69. The number of para-hydroxylation sites is 1. The summed E-state index contributed by atoms with van der Waals surface area (Å²) in [6.07, 6.45) is 1.59. The quantitative estimate of drug-likeness (QED) is 0.721. The van der Waals surface area contributed by atoms with Gasteiger partial charge in [-0.1, -0.05) is 30.3 Å². The van der Waals surface area contributed by atoms with E-state index < -0.39 is 5.97 Å². The molecule has 3 aromatic rings. The molecule has 0 spiro atoms. The van der Waals surface area contributed by atoms with Gasteiger partial charge in [-0.05, 0) is 37.1 Å². The Bertz CT molecular complexity index is 912. The molecular weight excluding hydrogens is 304 g/mol. The van der Waals surface area contributed by atoms with Crippen molar-refractivity contribution in [2.24, 2.45) is 0 Å². The normalized spacial score (nSPS) is 10.6. The number of aromatic amines is 1. The van der Waals surface area contributed by atoms with Crippen molar-refractivity contribution in [2.75, 3.05) is 11.9 Å². The molecule has 0 fully saturated rings. The highest BCUT2D eigenvalue weighted by Gasteiger charge is 2.15. The Hall–Kier alpha value is -3.08. The fourth-order valence-corrected chi connectivity index (χ4v) is 2.51. The highest BCUT2D eigenvalue weighted by molar-refractivity contribution is 6.05. The monoisotopic (exact) mass is 322 g/mol. The van der Waals surface area contributed by atoms with E-state index in [1.165, 1.54) is 0 Å². The van der Waals surface area contributed by atoms with Crippen molar-refractivity contribution in [3.8, 4) is 0 Å². The van der Waals surface area contributed by atoms with Gasteiger partial charge in [-0.2, -0.15) is 0 Å². The van der Waals surface area contributed by atoms with Gasteiger partial charge in [-0.15, -0.1) is 0 Å². The van der Waals surface area contributed by atoms with Gasteiger partial charge in [0.05, 0.1) is 5.56 Å². The number of esters is 1. The van der Waals surface area contributed by atoms with Crippen LogP contribution in [0.5, 0.6) is 0 Å². The topological polar surface area (TPSA) is 71.2 Å². The average molecular weight is 322 g/mol. The number of carbonyl (C=O) groups is 2. The molecule has 3 rings (SSSR count). The number of H-pyrrole nitrogens is 1. The predicted molar refractivity (Wildman–Crippen MR) is 93.1 cm³/mol. The summed E-state index contributed by atoms with van der Waals surface area (Å²) in [5.41, 5.74) is 4.00. The van der Waals surface area contributed by atoms with Crippen LogP contribution in [0, 0.1) is 13.8 Å². The van der Waals surface area contributed by atoms with Crippen molar-refractivity contribution in [1.29, 1.82) is 0 Å². The standard InChI is InChI=1S/C19H18N2O3/c1-12-7-8-13(2)17(9-12)21-18(22)11-24-19(23)15-10-20-16-6-4-3-5-14(15)16/h3-10,20H,11H2,1-2H3,(H,21,22). The Morgan fingerprint density at radius 2 is 1.92 bits per heavy atom. The third-order valence-corrected chi connectivity index (χ3v) is 3.81. The molecule has 1 heterocycles. The number of carbonyl (C=O) groups excluding carboxylic acids is 2. The highest BCUT2D eigenvalue weighted by atomic mass is 16.5. The lowest BCUT2D eigenvalue weighted by Crippen LogP contribution is -2.21. The lowest BCUT2D eigenvalue weighted by molar-refractivity contribution is -0.119. The highest BCUT2D eigenvalue weighted by Crippen LogP contribution is 2.19. The number of amides is 1. The zero-order valence-corrected chi connectivity index (χ0v) is 13.6. The van der Waals surface area contributed by atoms with Crippen LogP contribution in [0.3, 0.4) is 0 Å². The minimum atomic E-state index is -0.524. The van der Waals surface area contributed by atoms with Gasteiger partial charge >= 0.3 is 5.97 Å². The molecule has 0 radical (unpaired) electrons. The van der Waals surface area contributed by atoms with Crippen LogP contribution in [0.15, 0.2) is 48.7 Å². The molecule has 1 amide bonds. The van der Waals surface area contributed by atoms with E-state index in [-0.39, 0.29) is 12.5 Å². The molecule has 122 valence electrons. The van der Waals surface area contributed by atoms with Crippen molar-refractivity contribution in [1.82, 2.24) is 4.98 Å². The first-order valence-corrected chi connectivity index (χ1v) is 7.65. The van der Waals surface area contributed by atoms with Crippen LogP contribution in [-0.4, -0.2) is 23.5 Å². The Balaban J connectivity index is 1.64. The minimum absolute atomic E-state index is 0.328. The largest absolute Gasteiger partial charge is 0.452 e. The summed E-state index contributed by atoms with van der Waals surface area (Å²) >= 11 is 0. The molecule has 0 unspecified atom stereocenters. The van der Waals surface area contributed by atoms with Crippen LogP contribution in [0.4, 0.5) is 5.69 Å². The Kier molecular flexibility index (Phi) is 4.33. The van der Waals surface area contributed by atoms with E-state index in [9.17, 15) is 9.59 Å². The number of benzene rings is 2. The van der Waals surface area contributed by atoms with Crippen LogP contribution in [0.25, 0.3) is 10.9 Å². The molecule has 2 N–H and O–H groups in total. The third kappa shape index (κ3) is 3.30. The second-order valence-electron chi connectivity index (χ2n) is 5.69. The summed E-state index contributed by atoms with van der Waals surface area (Å²) < 4.78 is 5.13. The van der Waals surface area contributed by atoms with Crippen molar-refractivity contribution >= 4 is 28.5 Å². The van der Waals surface area contributed by atoms with Gasteiger partial charge in [-0.3, -0.25) is 4.79 Å². The van der Waals surface area contributed by atoms with Crippen LogP contribution in [0.2, 0.25) is 0 Å². The molecule has 0 aliphatic heterocycles.